The van der Waals surface area contributed by atoms with Crippen molar-refractivity contribution in [3.63, 3.8) is 0 Å². The molecule has 1 aliphatic rings. The van der Waals surface area contributed by atoms with E-state index in [1.165, 1.54) is 19.1 Å². The van der Waals surface area contributed by atoms with Crippen LogP contribution in [0.4, 0.5) is 0 Å². The average Bonchev–Trinajstić information content (AvgIpc) is 2.11. The summed E-state index contributed by atoms with van der Waals surface area (Å²) in [5, 5.41) is 14.2. The Hall–Kier alpha value is -0.660. The molecule has 0 unspecified atom stereocenters. The number of rotatable bonds is 0. The lowest BCUT2D eigenvalue weighted by molar-refractivity contribution is 1.34. The first-order chi connectivity index (χ1) is 2.91. The van der Waals surface area contributed by atoms with Gasteiger partial charge in [0.1, 0.15) is 0 Å². The molecule has 1 fully saturated rings. The molecular weight excluding hydrogens is 78.1 g/mol. The van der Waals surface area contributed by atoms with Crippen LogP contribution in [-0.2, 0) is 0 Å². The molecule has 0 aromatic rings. The summed E-state index contributed by atoms with van der Waals surface area (Å²) in [7, 11) is 0. The van der Waals surface area contributed by atoms with E-state index < -0.39 is 0 Å². The fourth-order valence-electron chi connectivity index (χ4n) is 0. The molecule has 0 aromatic carbocycles. The molecule has 1 heterocycles. The molecule has 0 saturated carbocycles. The van der Waals surface area contributed by atoms with Gasteiger partial charge in [-0.1, -0.05) is 0 Å². The summed E-state index contributed by atoms with van der Waals surface area (Å²) >= 11 is 0. The second-order valence-electron chi connectivity index (χ2n) is 0.875. The monoisotopic (exact) mass is 85.1 g/mol. The minimum Gasteiger partial charge on any atom is -0.314 e. The Morgan fingerprint density at radius 1 is 1.33 bits per heavy atom. The summed E-state index contributed by atoms with van der Waals surface area (Å²) in [6, 6.07) is 1.25. The lowest BCUT2D eigenvalue weighted by Crippen LogP contribution is -1.56. The van der Waals surface area contributed by atoms with Gasteiger partial charge in [0.2, 0.25) is 0 Å². The minimum absolute atomic E-state index is 1.25. The first-order valence-electron chi connectivity index (χ1n) is 1.71. The Kier molecular flexibility index (Phi) is 3.86. The normalized spacial score (nSPS) is 13.3. The third-order valence-corrected chi connectivity index (χ3v) is 0.250. The molecule has 1 aliphatic heterocycles. The first-order valence-corrected chi connectivity index (χ1v) is 1.71. The highest BCUT2D eigenvalue weighted by atomic mass is 15.0. The fourth-order valence-corrected chi connectivity index (χ4v) is 0. The quantitative estimate of drug-likeness (QED) is 0.279. The van der Waals surface area contributed by atoms with Crippen LogP contribution in [0, 0.1) is 10.8 Å². The van der Waals surface area contributed by atoms with Crippen LogP contribution >= 0.6 is 0 Å². The van der Waals surface area contributed by atoms with Crippen molar-refractivity contribution < 1.29 is 0 Å². The van der Waals surface area contributed by atoms with Crippen molar-refractivity contribution in [2.24, 2.45) is 0 Å². The van der Waals surface area contributed by atoms with Crippen LogP contribution in [0.5, 0.6) is 0 Å². The SMILES string of the molecule is C1CN1.N=C=N. The van der Waals surface area contributed by atoms with Crippen molar-refractivity contribution in [2.45, 2.75) is 0 Å². The van der Waals surface area contributed by atoms with E-state index in [0.717, 1.165) is 0 Å². The van der Waals surface area contributed by atoms with Crippen LogP contribution in [0.15, 0.2) is 0 Å². The van der Waals surface area contributed by atoms with E-state index in [1.807, 2.05) is 0 Å². The van der Waals surface area contributed by atoms with Gasteiger partial charge in [-0.25, -0.2) is 10.8 Å². The molecule has 3 nitrogen and oxygen atoms in total. The van der Waals surface area contributed by atoms with Gasteiger partial charge in [0.15, 0.2) is 0 Å². The minimum atomic E-state index is 1.25. The highest BCUT2D eigenvalue weighted by Gasteiger charge is 1.91. The molecule has 0 radical (unpaired) electrons. The van der Waals surface area contributed by atoms with Crippen molar-refractivity contribution in [3.05, 3.63) is 0 Å². The Balaban J connectivity index is 0.0000000833. The predicted octanol–water partition coefficient (Wildman–Crippen LogP) is -0.0926. The molecule has 3 N–H and O–H groups in total. The van der Waals surface area contributed by atoms with E-state index in [4.69, 9.17) is 10.8 Å². The van der Waals surface area contributed by atoms with Gasteiger partial charge in [0.05, 0.1) is 6.01 Å². The second-order valence-corrected chi connectivity index (χ2v) is 0.875. The van der Waals surface area contributed by atoms with Gasteiger partial charge < -0.3 is 5.32 Å². The standard InChI is InChI=1S/C2H5N.CH2N2/c1-2-3-1;2-1-3/h3H,1-2H2;2-3H. The molecule has 0 amide bonds. The highest BCUT2D eigenvalue weighted by Crippen LogP contribution is 1.65. The summed E-state index contributed by atoms with van der Waals surface area (Å²) in [6.07, 6.45) is 0. The first kappa shape index (κ1) is 5.34. The summed E-state index contributed by atoms with van der Waals surface area (Å²) in [6.45, 7) is 2.50. The third-order valence-electron chi connectivity index (χ3n) is 0.250. The lowest BCUT2D eigenvalue weighted by atomic mass is 11.0. The Morgan fingerprint density at radius 2 is 1.50 bits per heavy atom. The van der Waals surface area contributed by atoms with Crippen LogP contribution < -0.4 is 5.32 Å². The van der Waals surface area contributed by atoms with Crippen LogP contribution in [-0.4, -0.2) is 19.1 Å². The van der Waals surface area contributed by atoms with Crippen molar-refractivity contribution in [1.29, 1.82) is 10.8 Å². The van der Waals surface area contributed by atoms with Crippen LogP contribution in [0.1, 0.15) is 0 Å². The molecule has 0 spiro atoms. The van der Waals surface area contributed by atoms with Gasteiger partial charge in [0, 0.05) is 13.1 Å². The molecule has 0 aromatic heterocycles. The van der Waals surface area contributed by atoms with Gasteiger partial charge in [-0.3, -0.25) is 0 Å². The van der Waals surface area contributed by atoms with Crippen molar-refractivity contribution >= 4 is 6.01 Å². The van der Waals surface area contributed by atoms with Gasteiger partial charge in [0.25, 0.3) is 0 Å². The topological polar surface area (TPSA) is 69.6 Å². The van der Waals surface area contributed by atoms with E-state index in [2.05, 4.69) is 5.32 Å². The average molecular weight is 85.1 g/mol. The molecule has 1 rings (SSSR count). The second kappa shape index (κ2) is 4.34. The summed E-state index contributed by atoms with van der Waals surface area (Å²) in [5.74, 6) is 0. The molecule has 0 bridgehead atoms. The van der Waals surface area contributed by atoms with E-state index in [-0.39, 0.29) is 0 Å². The maximum absolute atomic E-state index is 5.62. The predicted molar refractivity (Wildman–Crippen MR) is 23.3 cm³/mol. The molecule has 3 heteroatoms. The zero-order chi connectivity index (χ0) is 4.83. The molecular formula is C3H7N3. The molecule has 34 valence electrons. The number of nitrogens with one attached hydrogen (secondary N) is 3. The maximum Gasteiger partial charge on any atom is 0.0831 e. The van der Waals surface area contributed by atoms with Gasteiger partial charge in [-0.2, -0.15) is 0 Å². The van der Waals surface area contributed by atoms with Gasteiger partial charge in [-0.05, 0) is 0 Å². The Morgan fingerprint density at radius 3 is 1.50 bits per heavy atom. The van der Waals surface area contributed by atoms with Gasteiger partial charge >= 0.3 is 0 Å². The Bertz CT molecular complexity index is 48.3. The number of hydrogen-bond acceptors (Lipinski definition) is 3. The molecule has 6 heavy (non-hydrogen) atoms. The largest absolute Gasteiger partial charge is 0.314 e. The van der Waals surface area contributed by atoms with Crippen molar-refractivity contribution in [1.82, 2.24) is 5.32 Å². The summed E-state index contributed by atoms with van der Waals surface area (Å²) in [5.41, 5.74) is 0. The molecule has 0 atom stereocenters. The van der Waals surface area contributed by atoms with Gasteiger partial charge in [-0.15, -0.1) is 0 Å². The summed E-state index contributed by atoms with van der Waals surface area (Å²) in [4.78, 5) is 0. The van der Waals surface area contributed by atoms with Crippen molar-refractivity contribution in [2.75, 3.05) is 13.1 Å². The van der Waals surface area contributed by atoms with Crippen LogP contribution in [0.2, 0.25) is 0 Å². The highest BCUT2D eigenvalue weighted by molar-refractivity contribution is 5.29. The molecule has 1 saturated heterocycles. The van der Waals surface area contributed by atoms with E-state index in [1.54, 1.807) is 0 Å². The number of hydrogen-bond donors (Lipinski definition) is 3. The maximum atomic E-state index is 5.62. The van der Waals surface area contributed by atoms with E-state index in [9.17, 15) is 0 Å². The third kappa shape index (κ3) is 158. The van der Waals surface area contributed by atoms with Crippen molar-refractivity contribution in [3.8, 4) is 0 Å². The smallest absolute Gasteiger partial charge is 0.0831 e. The fraction of sp³-hybridized carbons (Fsp3) is 0.667. The van der Waals surface area contributed by atoms with Crippen LogP contribution in [0.3, 0.4) is 0 Å². The summed E-state index contributed by atoms with van der Waals surface area (Å²) < 4.78 is 0. The van der Waals surface area contributed by atoms with E-state index >= 15 is 0 Å². The van der Waals surface area contributed by atoms with Crippen LogP contribution in [0.25, 0.3) is 0 Å². The zero-order valence-electron chi connectivity index (χ0n) is 3.41. The lowest BCUT2D eigenvalue weighted by Gasteiger charge is -1.21. The molecule has 0 aliphatic carbocycles. The Labute approximate surface area is 36.4 Å². The van der Waals surface area contributed by atoms with E-state index in [0.29, 0.717) is 0 Å². The zero-order valence-corrected chi connectivity index (χ0v) is 3.41.